The van der Waals surface area contributed by atoms with Crippen LogP contribution in [0.4, 0.5) is 0 Å². The van der Waals surface area contributed by atoms with Crippen LogP contribution >= 0.6 is 0 Å². The molecule has 5 saturated carbocycles. The van der Waals surface area contributed by atoms with Crippen LogP contribution in [0.2, 0.25) is 0 Å². The Labute approximate surface area is 173 Å². The van der Waals surface area contributed by atoms with Gasteiger partial charge in [0.2, 0.25) is 0 Å². The van der Waals surface area contributed by atoms with Gasteiger partial charge in [0.05, 0.1) is 11.7 Å². The average Bonchev–Trinajstić information content (AvgIpc) is 3.49. The summed E-state index contributed by atoms with van der Waals surface area (Å²) in [6.45, 7) is 15.4. The summed E-state index contributed by atoms with van der Waals surface area (Å²) in [7, 11) is 0. The molecule has 1 nitrogen and oxygen atoms in total. The Morgan fingerprint density at radius 2 is 1.11 bits per heavy atom. The van der Waals surface area contributed by atoms with Crippen molar-refractivity contribution in [1.29, 1.82) is 0 Å². The van der Waals surface area contributed by atoms with E-state index in [2.05, 4.69) is 41.5 Å². The molecule has 0 amide bonds. The molecule has 12 atom stereocenters. The van der Waals surface area contributed by atoms with Crippen LogP contribution in [0.3, 0.4) is 0 Å². The zero-order valence-electron chi connectivity index (χ0n) is 19.3. The Balaban J connectivity index is 1.31. The van der Waals surface area contributed by atoms with Gasteiger partial charge in [-0.2, -0.15) is 0 Å². The number of hydrogen-bond acceptors (Lipinski definition) is 1. The molecule has 0 radical (unpaired) electrons. The van der Waals surface area contributed by atoms with Gasteiger partial charge in [-0.25, -0.2) is 0 Å². The highest BCUT2D eigenvalue weighted by atomic mass is 16.6. The number of fused-ring (bicyclic) bond motifs is 3. The molecule has 0 aromatic rings. The molecule has 158 valence electrons. The molecule has 1 saturated heterocycles. The first kappa shape index (κ1) is 18.7. The van der Waals surface area contributed by atoms with Crippen molar-refractivity contribution in [1.82, 2.24) is 0 Å². The maximum Gasteiger partial charge on any atom is 0.0926 e. The van der Waals surface area contributed by atoms with Gasteiger partial charge in [0.1, 0.15) is 0 Å². The Hall–Kier alpha value is -0.0400. The maximum atomic E-state index is 6.27. The van der Waals surface area contributed by atoms with Gasteiger partial charge in [-0.05, 0) is 122 Å². The van der Waals surface area contributed by atoms with E-state index < -0.39 is 0 Å². The Morgan fingerprint density at radius 1 is 0.643 bits per heavy atom. The summed E-state index contributed by atoms with van der Waals surface area (Å²) in [4.78, 5) is 0. The van der Waals surface area contributed by atoms with E-state index in [4.69, 9.17) is 4.74 Å². The molecule has 1 aliphatic heterocycles. The predicted molar refractivity (Wildman–Crippen MR) is 115 cm³/mol. The van der Waals surface area contributed by atoms with Gasteiger partial charge in [-0.3, -0.25) is 0 Å². The Bertz CT molecular complexity index is 581. The minimum Gasteiger partial charge on any atom is -0.366 e. The number of epoxide rings is 1. The quantitative estimate of drug-likeness (QED) is 0.480. The molecular weight excluding hydrogens is 340 g/mol. The first-order chi connectivity index (χ1) is 13.1. The molecule has 0 N–H and O–H groups in total. The van der Waals surface area contributed by atoms with E-state index in [0.717, 1.165) is 53.3 Å². The first-order valence-electron chi connectivity index (χ1n) is 12.8. The lowest BCUT2D eigenvalue weighted by molar-refractivity contribution is 0.0116. The summed E-state index contributed by atoms with van der Waals surface area (Å²) in [5.74, 6) is 8.71. The standard InChI is InChI=1S/C27H44O/c1-15-7-18(10-25(4)13-21(15)25)23(19-8-16(2)22-14-26(22,5)11-19)20-9-17(3)24-27(6,12-20)28-24/h15-24H,7-14H2,1-6H3. The van der Waals surface area contributed by atoms with E-state index in [0.29, 0.717) is 16.9 Å². The average molecular weight is 385 g/mol. The van der Waals surface area contributed by atoms with Gasteiger partial charge >= 0.3 is 0 Å². The molecule has 6 fully saturated rings. The molecule has 1 heteroatoms. The van der Waals surface area contributed by atoms with E-state index in [1.807, 2.05) is 0 Å². The van der Waals surface area contributed by atoms with Crippen LogP contribution in [0.15, 0.2) is 0 Å². The third kappa shape index (κ3) is 2.66. The van der Waals surface area contributed by atoms with Crippen LogP contribution in [0.1, 0.15) is 92.9 Å². The third-order valence-corrected chi connectivity index (χ3v) is 11.5. The van der Waals surface area contributed by atoms with Crippen molar-refractivity contribution in [3.63, 3.8) is 0 Å². The summed E-state index contributed by atoms with van der Waals surface area (Å²) < 4.78 is 6.27. The highest BCUT2D eigenvalue weighted by Crippen LogP contribution is 2.70. The van der Waals surface area contributed by atoms with Crippen LogP contribution < -0.4 is 0 Å². The van der Waals surface area contributed by atoms with Crippen molar-refractivity contribution < 1.29 is 4.74 Å². The van der Waals surface area contributed by atoms with E-state index in [1.165, 1.54) is 38.5 Å². The molecule has 0 aromatic carbocycles. The molecule has 6 aliphatic rings. The predicted octanol–water partition coefficient (Wildman–Crippen LogP) is 6.95. The zero-order valence-corrected chi connectivity index (χ0v) is 19.3. The molecule has 0 aromatic heterocycles. The van der Waals surface area contributed by atoms with Gasteiger partial charge in [0.25, 0.3) is 0 Å². The van der Waals surface area contributed by atoms with E-state index in [1.54, 1.807) is 12.8 Å². The first-order valence-corrected chi connectivity index (χ1v) is 12.8. The van der Waals surface area contributed by atoms with Crippen molar-refractivity contribution in [2.75, 3.05) is 0 Å². The second-order valence-electron chi connectivity index (χ2n) is 13.9. The lowest BCUT2D eigenvalue weighted by Crippen LogP contribution is -2.42. The molecular formula is C27H44O. The maximum absolute atomic E-state index is 6.27. The van der Waals surface area contributed by atoms with E-state index in [-0.39, 0.29) is 5.60 Å². The van der Waals surface area contributed by atoms with Crippen molar-refractivity contribution in [3.05, 3.63) is 0 Å². The Morgan fingerprint density at radius 3 is 1.57 bits per heavy atom. The molecule has 5 aliphatic carbocycles. The van der Waals surface area contributed by atoms with Gasteiger partial charge < -0.3 is 4.74 Å². The van der Waals surface area contributed by atoms with E-state index in [9.17, 15) is 0 Å². The Kier molecular flexibility index (Phi) is 3.74. The van der Waals surface area contributed by atoms with Crippen LogP contribution in [-0.4, -0.2) is 11.7 Å². The van der Waals surface area contributed by atoms with E-state index >= 15 is 0 Å². The van der Waals surface area contributed by atoms with Gasteiger partial charge in [0.15, 0.2) is 0 Å². The summed E-state index contributed by atoms with van der Waals surface area (Å²) in [6.07, 6.45) is 12.6. The number of hydrogen-bond donors (Lipinski definition) is 0. The molecule has 12 unspecified atom stereocenters. The lowest BCUT2D eigenvalue weighted by Gasteiger charge is -2.48. The van der Waals surface area contributed by atoms with Crippen LogP contribution in [0.5, 0.6) is 0 Å². The van der Waals surface area contributed by atoms with Crippen molar-refractivity contribution in [2.45, 2.75) is 105 Å². The summed E-state index contributed by atoms with van der Waals surface area (Å²) in [5.41, 5.74) is 1.64. The zero-order chi connectivity index (χ0) is 19.6. The van der Waals surface area contributed by atoms with Crippen molar-refractivity contribution in [2.24, 2.45) is 64.1 Å². The molecule has 0 bridgehead atoms. The second-order valence-corrected chi connectivity index (χ2v) is 13.9. The van der Waals surface area contributed by atoms with Gasteiger partial charge in [-0.15, -0.1) is 0 Å². The largest absolute Gasteiger partial charge is 0.366 e. The van der Waals surface area contributed by atoms with Crippen LogP contribution in [0.25, 0.3) is 0 Å². The van der Waals surface area contributed by atoms with Crippen molar-refractivity contribution in [3.8, 4) is 0 Å². The highest BCUT2D eigenvalue weighted by Gasteiger charge is 2.64. The molecule has 6 rings (SSSR count). The number of ether oxygens (including phenoxy) is 1. The fourth-order valence-electron chi connectivity index (χ4n) is 10.2. The number of rotatable bonds is 3. The minimum atomic E-state index is 0.235. The van der Waals surface area contributed by atoms with Gasteiger partial charge in [0, 0.05) is 0 Å². The second kappa shape index (κ2) is 5.60. The smallest absolute Gasteiger partial charge is 0.0926 e. The molecule has 28 heavy (non-hydrogen) atoms. The monoisotopic (exact) mass is 384 g/mol. The normalized spacial score (nSPS) is 65.6. The SMILES string of the molecule is CC1CC(C(C2CC(C)C3CC3(C)C2)C2CC(C)C3OC3(C)C2)CC2(C)CC12. The summed E-state index contributed by atoms with van der Waals surface area (Å²) >= 11 is 0. The minimum absolute atomic E-state index is 0.235. The van der Waals surface area contributed by atoms with Crippen LogP contribution in [-0.2, 0) is 4.74 Å². The molecule has 0 spiro atoms. The van der Waals surface area contributed by atoms with Crippen LogP contribution in [0, 0.1) is 64.1 Å². The fourth-order valence-corrected chi connectivity index (χ4v) is 10.2. The lowest BCUT2D eigenvalue weighted by atomic mass is 9.56. The molecule has 1 heterocycles. The van der Waals surface area contributed by atoms with Gasteiger partial charge in [-0.1, -0.05) is 34.6 Å². The van der Waals surface area contributed by atoms with Crippen molar-refractivity contribution >= 4 is 0 Å². The summed E-state index contributed by atoms with van der Waals surface area (Å²) in [5, 5.41) is 0. The topological polar surface area (TPSA) is 12.5 Å². The highest BCUT2D eigenvalue weighted by molar-refractivity contribution is 5.13. The summed E-state index contributed by atoms with van der Waals surface area (Å²) in [6, 6.07) is 0. The third-order valence-electron chi connectivity index (χ3n) is 11.5. The fraction of sp³-hybridized carbons (Fsp3) is 1.00.